The van der Waals surface area contributed by atoms with Crippen LogP contribution >= 0.6 is 0 Å². The van der Waals surface area contributed by atoms with Gasteiger partial charge in [0.1, 0.15) is 5.52 Å². The average Bonchev–Trinajstić information content (AvgIpc) is 2.80. The van der Waals surface area contributed by atoms with E-state index in [1.165, 1.54) is 42.5 Å². The van der Waals surface area contributed by atoms with E-state index < -0.39 is 0 Å². The quantitative estimate of drug-likeness (QED) is 0.920. The van der Waals surface area contributed by atoms with Crippen molar-refractivity contribution in [3.05, 3.63) is 23.3 Å². The molecular formula is C15H22N4. The molecule has 102 valence electrons. The molecule has 1 aromatic carbocycles. The lowest BCUT2D eigenvalue weighted by Crippen LogP contribution is -2.34. The van der Waals surface area contributed by atoms with Gasteiger partial charge in [0, 0.05) is 12.6 Å². The summed E-state index contributed by atoms with van der Waals surface area (Å²) in [6.07, 6.45) is 5.12. The fourth-order valence-electron chi connectivity index (χ4n) is 2.84. The fraction of sp³-hybridized carbons (Fsp3) is 0.600. The number of benzene rings is 1. The minimum absolute atomic E-state index is 0.652. The fourth-order valence-corrected chi connectivity index (χ4v) is 2.84. The van der Waals surface area contributed by atoms with Crippen molar-refractivity contribution in [1.82, 2.24) is 20.3 Å². The van der Waals surface area contributed by atoms with Gasteiger partial charge in [-0.25, -0.2) is 4.68 Å². The van der Waals surface area contributed by atoms with Gasteiger partial charge < -0.3 is 5.32 Å². The van der Waals surface area contributed by atoms with E-state index in [4.69, 9.17) is 0 Å². The van der Waals surface area contributed by atoms with E-state index in [0.29, 0.717) is 6.04 Å². The summed E-state index contributed by atoms with van der Waals surface area (Å²) >= 11 is 0. The second-order valence-electron chi connectivity index (χ2n) is 5.67. The molecule has 2 heterocycles. The van der Waals surface area contributed by atoms with Gasteiger partial charge in [0.2, 0.25) is 0 Å². The van der Waals surface area contributed by atoms with Crippen molar-refractivity contribution in [2.45, 2.75) is 52.1 Å². The standard InChI is InChI=1S/C15H22N4/c1-11-9-14-15(10-12(11)2)19(18-17-14)8-6-13-5-3-4-7-16-13/h9-10,13,16H,3-8H2,1-2H3. The first-order valence-corrected chi connectivity index (χ1v) is 7.28. The molecule has 0 spiro atoms. The third-order valence-corrected chi connectivity index (χ3v) is 4.23. The molecule has 4 heteroatoms. The number of aryl methyl sites for hydroxylation is 3. The van der Waals surface area contributed by atoms with Crippen LogP contribution in [0.15, 0.2) is 12.1 Å². The molecule has 1 N–H and O–H groups in total. The summed E-state index contributed by atoms with van der Waals surface area (Å²) in [6.45, 7) is 6.40. The molecule has 0 amide bonds. The molecule has 4 nitrogen and oxygen atoms in total. The van der Waals surface area contributed by atoms with E-state index in [-0.39, 0.29) is 0 Å². The van der Waals surface area contributed by atoms with Crippen LogP contribution in [0.1, 0.15) is 36.8 Å². The topological polar surface area (TPSA) is 42.7 Å². The van der Waals surface area contributed by atoms with Gasteiger partial charge in [0.05, 0.1) is 5.52 Å². The minimum Gasteiger partial charge on any atom is -0.314 e. The summed E-state index contributed by atoms with van der Waals surface area (Å²) in [5.41, 5.74) is 4.78. The van der Waals surface area contributed by atoms with E-state index in [1.807, 2.05) is 0 Å². The van der Waals surface area contributed by atoms with Crippen molar-refractivity contribution in [1.29, 1.82) is 0 Å². The molecule has 0 saturated carbocycles. The Balaban J connectivity index is 1.75. The molecule has 1 aliphatic heterocycles. The van der Waals surface area contributed by atoms with Gasteiger partial charge in [0.25, 0.3) is 0 Å². The smallest absolute Gasteiger partial charge is 0.113 e. The highest BCUT2D eigenvalue weighted by Gasteiger charge is 2.13. The van der Waals surface area contributed by atoms with Crippen molar-refractivity contribution in [3.8, 4) is 0 Å². The molecule has 1 aromatic heterocycles. The highest BCUT2D eigenvalue weighted by atomic mass is 15.4. The average molecular weight is 258 g/mol. The zero-order valence-corrected chi connectivity index (χ0v) is 11.8. The van der Waals surface area contributed by atoms with Crippen molar-refractivity contribution in [2.75, 3.05) is 6.54 Å². The molecule has 1 aliphatic rings. The van der Waals surface area contributed by atoms with Crippen LogP contribution in [0.2, 0.25) is 0 Å². The molecular weight excluding hydrogens is 236 g/mol. The van der Waals surface area contributed by atoms with Crippen LogP contribution in [0.4, 0.5) is 0 Å². The van der Waals surface area contributed by atoms with Crippen LogP contribution in [0.3, 0.4) is 0 Å². The first-order chi connectivity index (χ1) is 9.24. The first kappa shape index (κ1) is 12.6. The minimum atomic E-state index is 0.652. The predicted octanol–water partition coefficient (Wildman–Crippen LogP) is 2.58. The van der Waals surface area contributed by atoms with E-state index >= 15 is 0 Å². The van der Waals surface area contributed by atoms with Gasteiger partial charge in [-0.15, -0.1) is 5.10 Å². The Labute approximate surface area is 114 Å². The number of aromatic nitrogens is 3. The normalized spacial score (nSPS) is 20.0. The molecule has 3 rings (SSSR count). The summed E-state index contributed by atoms with van der Waals surface area (Å²) < 4.78 is 2.05. The van der Waals surface area contributed by atoms with Gasteiger partial charge in [-0.2, -0.15) is 0 Å². The summed E-state index contributed by atoms with van der Waals surface area (Å²) in [5.74, 6) is 0. The number of hydrogen-bond acceptors (Lipinski definition) is 3. The maximum absolute atomic E-state index is 4.30. The maximum atomic E-state index is 4.30. The van der Waals surface area contributed by atoms with Crippen molar-refractivity contribution in [3.63, 3.8) is 0 Å². The van der Waals surface area contributed by atoms with Gasteiger partial charge in [-0.1, -0.05) is 11.6 Å². The van der Waals surface area contributed by atoms with E-state index in [2.05, 4.69) is 46.3 Å². The van der Waals surface area contributed by atoms with Crippen LogP contribution in [0, 0.1) is 13.8 Å². The number of piperidine rings is 1. The van der Waals surface area contributed by atoms with E-state index in [1.54, 1.807) is 0 Å². The highest BCUT2D eigenvalue weighted by molar-refractivity contribution is 5.76. The van der Waals surface area contributed by atoms with Crippen molar-refractivity contribution < 1.29 is 0 Å². The summed E-state index contributed by atoms with van der Waals surface area (Å²) in [6, 6.07) is 4.99. The third-order valence-electron chi connectivity index (χ3n) is 4.23. The second-order valence-corrected chi connectivity index (χ2v) is 5.67. The Morgan fingerprint density at radius 1 is 1.26 bits per heavy atom. The first-order valence-electron chi connectivity index (χ1n) is 7.28. The number of fused-ring (bicyclic) bond motifs is 1. The lowest BCUT2D eigenvalue weighted by molar-refractivity contribution is 0.361. The number of nitrogens with one attached hydrogen (secondary N) is 1. The largest absolute Gasteiger partial charge is 0.314 e. The van der Waals surface area contributed by atoms with Gasteiger partial charge in [0.15, 0.2) is 0 Å². The summed E-state index contributed by atoms with van der Waals surface area (Å²) in [7, 11) is 0. The third kappa shape index (κ3) is 2.63. The van der Waals surface area contributed by atoms with Crippen LogP contribution in [-0.4, -0.2) is 27.6 Å². The molecule has 2 aromatic rings. The molecule has 1 unspecified atom stereocenters. The lowest BCUT2D eigenvalue weighted by Gasteiger charge is -2.23. The molecule has 1 atom stereocenters. The number of hydrogen-bond donors (Lipinski definition) is 1. The SMILES string of the molecule is Cc1cc2nnn(CCC3CCCCN3)c2cc1C. The van der Waals surface area contributed by atoms with Crippen LogP contribution in [-0.2, 0) is 6.54 Å². The lowest BCUT2D eigenvalue weighted by atomic mass is 10.0. The summed E-state index contributed by atoms with van der Waals surface area (Å²) in [4.78, 5) is 0. The maximum Gasteiger partial charge on any atom is 0.113 e. The molecule has 0 bridgehead atoms. The van der Waals surface area contributed by atoms with Crippen LogP contribution in [0.5, 0.6) is 0 Å². The van der Waals surface area contributed by atoms with Gasteiger partial charge in [-0.3, -0.25) is 0 Å². The molecule has 1 fully saturated rings. The molecule has 0 radical (unpaired) electrons. The van der Waals surface area contributed by atoms with Crippen LogP contribution < -0.4 is 5.32 Å². The van der Waals surface area contributed by atoms with Crippen molar-refractivity contribution >= 4 is 11.0 Å². The Morgan fingerprint density at radius 3 is 2.89 bits per heavy atom. The molecule has 19 heavy (non-hydrogen) atoms. The number of nitrogens with zero attached hydrogens (tertiary/aromatic N) is 3. The zero-order valence-electron chi connectivity index (χ0n) is 11.8. The highest BCUT2D eigenvalue weighted by Crippen LogP contribution is 2.18. The molecule has 0 aliphatic carbocycles. The van der Waals surface area contributed by atoms with E-state index in [0.717, 1.165) is 18.5 Å². The number of rotatable bonds is 3. The Hall–Kier alpha value is -1.42. The monoisotopic (exact) mass is 258 g/mol. The van der Waals surface area contributed by atoms with E-state index in [9.17, 15) is 0 Å². The van der Waals surface area contributed by atoms with Gasteiger partial charge >= 0.3 is 0 Å². The van der Waals surface area contributed by atoms with Crippen molar-refractivity contribution in [2.24, 2.45) is 0 Å². The Morgan fingerprint density at radius 2 is 2.11 bits per heavy atom. The Kier molecular flexibility index (Phi) is 3.51. The summed E-state index contributed by atoms with van der Waals surface area (Å²) in [5, 5.41) is 12.2. The molecule has 1 saturated heterocycles. The Bertz CT molecular complexity index is 567. The van der Waals surface area contributed by atoms with Gasteiger partial charge in [-0.05, 0) is 62.9 Å². The predicted molar refractivity (Wildman–Crippen MR) is 77.3 cm³/mol. The van der Waals surface area contributed by atoms with Crippen LogP contribution in [0.25, 0.3) is 11.0 Å². The zero-order chi connectivity index (χ0) is 13.2. The second kappa shape index (κ2) is 5.29.